The van der Waals surface area contributed by atoms with E-state index >= 15 is 0 Å². The van der Waals surface area contributed by atoms with Crippen LogP contribution in [0.15, 0.2) is 18.2 Å². The van der Waals surface area contributed by atoms with E-state index in [0.29, 0.717) is 30.3 Å². The summed E-state index contributed by atoms with van der Waals surface area (Å²) in [5.41, 5.74) is 0.728. The van der Waals surface area contributed by atoms with Crippen LogP contribution < -0.4 is 15.4 Å². The van der Waals surface area contributed by atoms with Gasteiger partial charge in [0.05, 0.1) is 24.3 Å². The molecule has 3 rings (SSSR count). The number of amides is 2. The van der Waals surface area contributed by atoms with Crippen molar-refractivity contribution in [2.24, 2.45) is 5.41 Å². The van der Waals surface area contributed by atoms with Crippen LogP contribution in [0.5, 0.6) is 5.75 Å². The molecule has 0 aromatic heterocycles. The van der Waals surface area contributed by atoms with Crippen LogP contribution in [0.4, 0.5) is 11.4 Å². The molecule has 106 valence electrons. The quantitative estimate of drug-likeness (QED) is 0.855. The van der Waals surface area contributed by atoms with Crippen molar-refractivity contribution >= 4 is 23.2 Å². The highest BCUT2D eigenvalue weighted by molar-refractivity contribution is 6.00. The average molecular weight is 276 g/mol. The van der Waals surface area contributed by atoms with Crippen molar-refractivity contribution < 1.29 is 19.1 Å². The predicted molar refractivity (Wildman–Crippen MR) is 72.7 cm³/mol. The molecular weight excluding hydrogens is 260 g/mol. The lowest BCUT2D eigenvalue weighted by molar-refractivity contribution is -0.151. The fraction of sp³-hybridized carbons (Fsp3) is 0.429. The maximum Gasteiger partial charge on any atom is 0.265 e. The van der Waals surface area contributed by atoms with Gasteiger partial charge in [0.1, 0.15) is 5.75 Å². The molecule has 2 amide bonds. The molecule has 1 fully saturated rings. The minimum atomic E-state index is -0.506. The lowest BCUT2D eigenvalue weighted by Crippen LogP contribution is -2.49. The van der Waals surface area contributed by atoms with Crippen molar-refractivity contribution in [3.05, 3.63) is 18.2 Å². The Kier molecular flexibility index (Phi) is 2.90. The second-order valence-corrected chi connectivity index (χ2v) is 5.47. The number of rotatable bonds is 2. The number of carbonyl (C=O) groups excluding carboxylic acids is 2. The number of benzene rings is 1. The number of anilines is 2. The second-order valence-electron chi connectivity index (χ2n) is 5.47. The number of carbonyl (C=O) groups is 2. The molecule has 0 saturated carbocycles. The zero-order chi connectivity index (χ0) is 14.3. The van der Waals surface area contributed by atoms with Gasteiger partial charge in [0.25, 0.3) is 5.91 Å². The van der Waals surface area contributed by atoms with E-state index in [1.54, 1.807) is 25.1 Å². The summed E-state index contributed by atoms with van der Waals surface area (Å²) in [5, 5.41) is 5.58. The Labute approximate surface area is 116 Å². The van der Waals surface area contributed by atoms with Gasteiger partial charge < -0.3 is 20.1 Å². The lowest BCUT2D eigenvalue weighted by Gasteiger charge is -2.36. The van der Waals surface area contributed by atoms with Crippen molar-refractivity contribution in [3.8, 4) is 5.75 Å². The Morgan fingerprint density at radius 3 is 2.85 bits per heavy atom. The van der Waals surface area contributed by atoms with Crippen LogP contribution in [-0.4, -0.2) is 31.1 Å². The molecule has 0 radical (unpaired) electrons. The molecular formula is C14H16N2O4. The van der Waals surface area contributed by atoms with Crippen LogP contribution in [-0.2, 0) is 14.3 Å². The first-order chi connectivity index (χ1) is 9.48. The van der Waals surface area contributed by atoms with Gasteiger partial charge in [-0.2, -0.15) is 0 Å². The number of hydrogen-bond acceptors (Lipinski definition) is 4. The smallest absolute Gasteiger partial charge is 0.265 e. The molecule has 6 heteroatoms. The normalized spacial score (nSPS) is 22.9. The van der Waals surface area contributed by atoms with Gasteiger partial charge in [0, 0.05) is 5.69 Å². The van der Waals surface area contributed by atoms with Crippen LogP contribution in [0.1, 0.15) is 13.8 Å². The van der Waals surface area contributed by atoms with E-state index in [2.05, 4.69) is 10.6 Å². The van der Waals surface area contributed by atoms with Crippen molar-refractivity contribution in [1.29, 1.82) is 0 Å². The first-order valence-corrected chi connectivity index (χ1v) is 6.49. The molecule has 1 atom stereocenters. The monoisotopic (exact) mass is 276 g/mol. The summed E-state index contributed by atoms with van der Waals surface area (Å²) in [6, 6.07) is 5.18. The third-order valence-corrected chi connectivity index (χ3v) is 3.56. The summed E-state index contributed by atoms with van der Waals surface area (Å²) in [7, 11) is 0. The molecule has 2 aliphatic rings. The van der Waals surface area contributed by atoms with Gasteiger partial charge in [-0.25, -0.2) is 0 Å². The average Bonchev–Trinajstić information content (AvgIpc) is 2.37. The third-order valence-electron chi connectivity index (χ3n) is 3.56. The van der Waals surface area contributed by atoms with E-state index in [4.69, 9.17) is 9.47 Å². The van der Waals surface area contributed by atoms with Crippen molar-refractivity contribution in [3.63, 3.8) is 0 Å². The van der Waals surface area contributed by atoms with Crippen molar-refractivity contribution in [2.75, 3.05) is 23.8 Å². The first kappa shape index (κ1) is 12.9. The number of ether oxygens (including phenoxy) is 2. The zero-order valence-corrected chi connectivity index (χ0v) is 11.4. The maximum absolute atomic E-state index is 12.1. The molecule has 1 saturated heterocycles. The van der Waals surface area contributed by atoms with E-state index in [1.807, 2.05) is 6.92 Å². The maximum atomic E-state index is 12.1. The minimum Gasteiger partial charge on any atom is -0.479 e. The van der Waals surface area contributed by atoms with Gasteiger partial charge in [0.15, 0.2) is 6.10 Å². The lowest BCUT2D eigenvalue weighted by atomic mass is 9.87. The van der Waals surface area contributed by atoms with Crippen molar-refractivity contribution in [1.82, 2.24) is 0 Å². The van der Waals surface area contributed by atoms with Crippen LogP contribution in [0.3, 0.4) is 0 Å². The van der Waals surface area contributed by atoms with E-state index in [9.17, 15) is 9.59 Å². The summed E-state index contributed by atoms with van der Waals surface area (Å²) in [6.07, 6.45) is -0.506. The van der Waals surface area contributed by atoms with E-state index < -0.39 is 11.5 Å². The molecule has 2 heterocycles. The van der Waals surface area contributed by atoms with Crippen LogP contribution in [0.2, 0.25) is 0 Å². The fourth-order valence-electron chi connectivity index (χ4n) is 2.11. The first-order valence-electron chi connectivity index (χ1n) is 6.49. The van der Waals surface area contributed by atoms with Gasteiger partial charge in [-0.15, -0.1) is 0 Å². The fourth-order valence-corrected chi connectivity index (χ4v) is 2.11. The molecule has 2 N–H and O–H groups in total. The van der Waals surface area contributed by atoms with Crippen LogP contribution in [0, 0.1) is 5.41 Å². The Morgan fingerprint density at radius 2 is 2.20 bits per heavy atom. The van der Waals surface area contributed by atoms with Gasteiger partial charge in [0.2, 0.25) is 5.91 Å². The largest absolute Gasteiger partial charge is 0.479 e. The molecule has 20 heavy (non-hydrogen) atoms. The second kappa shape index (κ2) is 4.49. The van der Waals surface area contributed by atoms with Gasteiger partial charge in [-0.05, 0) is 32.0 Å². The topological polar surface area (TPSA) is 76.7 Å². The summed E-state index contributed by atoms with van der Waals surface area (Å²) in [4.78, 5) is 23.7. The van der Waals surface area contributed by atoms with Crippen LogP contribution >= 0.6 is 0 Å². The highest BCUT2D eigenvalue weighted by Gasteiger charge is 2.41. The van der Waals surface area contributed by atoms with E-state index in [0.717, 1.165) is 0 Å². The molecule has 0 bridgehead atoms. The highest BCUT2D eigenvalue weighted by atomic mass is 16.5. The Morgan fingerprint density at radius 1 is 1.45 bits per heavy atom. The van der Waals surface area contributed by atoms with E-state index in [1.165, 1.54) is 0 Å². The Bertz CT molecular complexity index is 581. The molecule has 6 nitrogen and oxygen atoms in total. The van der Waals surface area contributed by atoms with Gasteiger partial charge in [-0.1, -0.05) is 0 Å². The number of fused-ring (bicyclic) bond motifs is 1. The van der Waals surface area contributed by atoms with E-state index in [-0.39, 0.29) is 11.8 Å². The zero-order valence-electron chi connectivity index (χ0n) is 11.4. The third kappa shape index (κ3) is 2.12. The molecule has 0 aliphatic carbocycles. The molecule has 1 unspecified atom stereocenters. The SMILES string of the molecule is CC1Oc2ccc(NC(=O)C3(C)COC3)cc2NC1=O. The standard InChI is InChI=1S/C14H16N2O4/c1-8-12(17)16-10-5-9(3-4-11(10)20-8)15-13(18)14(2)6-19-7-14/h3-5,8H,6-7H2,1-2H3,(H,15,18)(H,16,17). The van der Waals surface area contributed by atoms with Gasteiger partial charge in [-0.3, -0.25) is 9.59 Å². The summed E-state index contributed by atoms with van der Waals surface area (Å²) in [5.74, 6) is 0.328. The molecule has 1 aromatic rings. The summed E-state index contributed by atoms with van der Waals surface area (Å²) in [6.45, 7) is 4.41. The number of nitrogens with one attached hydrogen (secondary N) is 2. The van der Waals surface area contributed by atoms with Crippen molar-refractivity contribution in [2.45, 2.75) is 20.0 Å². The number of hydrogen-bond donors (Lipinski definition) is 2. The molecule has 2 aliphatic heterocycles. The molecule has 0 spiro atoms. The minimum absolute atomic E-state index is 0.0832. The Hall–Kier alpha value is -2.08. The van der Waals surface area contributed by atoms with Gasteiger partial charge >= 0.3 is 0 Å². The highest BCUT2D eigenvalue weighted by Crippen LogP contribution is 2.33. The predicted octanol–water partition coefficient (Wildman–Crippen LogP) is 1.38. The molecule has 1 aromatic carbocycles. The Balaban J connectivity index is 1.77. The summed E-state index contributed by atoms with van der Waals surface area (Å²) < 4.78 is 10.5. The summed E-state index contributed by atoms with van der Waals surface area (Å²) >= 11 is 0. The van der Waals surface area contributed by atoms with Crippen LogP contribution in [0.25, 0.3) is 0 Å².